The first kappa shape index (κ1) is 47.6. The van der Waals surface area contributed by atoms with Gasteiger partial charge in [-0.1, -0.05) is 110 Å². The van der Waals surface area contributed by atoms with Crippen LogP contribution in [0, 0.1) is 17.1 Å². The van der Waals surface area contributed by atoms with Crippen LogP contribution in [0.4, 0.5) is 10.2 Å². The van der Waals surface area contributed by atoms with E-state index in [-0.39, 0.29) is 24.6 Å². The van der Waals surface area contributed by atoms with Gasteiger partial charge in [-0.2, -0.15) is 10.4 Å². The number of aromatic nitrogens is 3. The zero-order valence-corrected chi connectivity index (χ0v) is 35.2. The number of fused-ring (bicyclic) bond motifs is 1. The van der Waals surface area contributed by atoms with Crippen molar-refractivity contribution < 1.29 is 47.3 Å². The van der Waals surface area contributed by atoms with Crippen molar-refractivity contribution in [3.63, 3.8) is 0 Å². The number of ether oxygens (including phenoxy) is 3. The lowest BCUT2D eigenvalue weighted by molar-refractivity contribution is -0.102. The molecule has 16 heteroatoms. The monoisotopic (exact) mass is 833 g/mol. The molecule has 3 aromatic rings. The predicted molar refractivity (Wildman–Crippen MR) is 218 cm³/mol. The number of nitrogens with zero attached hydrogens (tertiary/aromatic N) is 4. The molecular weight excluding hydrogens is 768 g/mol. The molecule has 1 fully saturated rings. The standard InChI is InChI=1S/C42H65FN5O9P/c1-3-4-5-6-7-8-9-10-11-12-13-14-15-16-17-18-19-22-53-28-35(54-27-33-23-32(26-44)24-34(43)25-33)29-55-58(51,52)56-30-42(2)40(50)38(49)39(57-42)36-20-21-37-41(45)46-31-47-48(36)37/h20-21,23-25,31,35,38-40,49-50H,3-19,22,27-30H2,1-2H3,(H,51,52)(H2,45,46,47)/t35-,38+,39+,40+,42-/m1/s1. The van der Waals surface area contributed by atoms with E-state index in [1.54, 1.807) is 12.1 Å². The van der Waals surface area contributed by atoms with Crippen molar-refractivity contribution in [1.29, 1.82) is 5.26 Å². The molecule has 3 heterocycles. The molecule has 324 valence electrons. The number of phosphoric ester groups is 1. The van der Waals surface area contributed by atoms with E-state index in [1.165, 1.54) is 120 Å². The molecule has 5 N–H and O–H groups in total. The van der Waals surface area contributed by atoms with Crippen LogP contribution in [0.15, 0.2) is 36.7 Å². The van der Waals surface area contributed by atoms with Gasteiger partial charge in [0.25, 0.3) is 0 Å². The highest BCUT2D eigenvalue weighted by atomic mass is 31.2. The van der Waals surface area contributed by atoms with Crippen LogP contribution >= 0.6 is 7.82 Å². The minimum absolute atomic E-state index is 0.0199. The number of rotatable bonds is 30. The van der Waals surface area contributed by atoms with Crippen LogP contribution in [-0.2, 0) is 34.4 Å². The number of phosphoric acid groups is 1. The van der Waals surface area contributed by atoms with Crippen molar-refractivity contribution in [2.45, 2.75) is 160 Å². The number of hydrogen-bond acceptors (Lipinski definition) is 12. The summed E-state index contributed by atoms with van der Waals surface area (Å²) >= 11 is 0. The van der Waals surface area contributed by atoms with Gasteiger partial charge in [-0.15, -0.1) is 0 Å². The van der Waals surface area contributed by atoms with Gasteiger partial charge in [0.15, 0.2) is 5.82 Å². The molecule has 1 aliphatic rings. The highest BCUT2D eigenvalue weighted by Gasteiger charge is 2.53. The normalized spacial score (nSPS) is 21.0. The van der Waals surface area contributed by atoms with Crippen molar-refractivity contribution in [3.05, 3.63) is 59.3 Å². The second-order valence-corrected chi connectivity index (χ2v) is 17.1. The van der Waals surface area contributed by atoms with Crippen LogP contribution in [0.1, 0.15) is 146 Å². The smallest absolute Gasteiger partial charge is 0.387 e. The number of nitrogens with two attached hydrogens (primary N) is 1. The van der Waals surface area contributed by atoms with Crippen molar-refractivity contribution in [3.8, 4) is 6.07 Å². The Hall–Kier alpha value is -3.03. The Morgan fingerprint density at radius 2 is 1.57 bits per heavy atom. The van der Waals surface area contributed by atoms with Crippen molar-refractivity contribution in [1.82, 2.24) is 14.6 Å². The van der Waals surface area contributed by atoms with E-state index in [0.717, 1.165) is 25.3 Å². The minimum Gasteiger partial charge on any atom is -0.387 e. The summed E-state index contributed by atoms with van der Waals surface area (Å²) in [6.07, 6.45) is 18.0. The fraction of sp³-hybridized carbons (Fsp3) is 0.690. The Labute approximate surface area is 342 Å². The number of aliphatic hydroxyl groups is 2. The average molecular weight is 834 g/mol. The molecule has 0 radical (unpaired) electrons. The van der Waals surface area contributed by atoms with E-state index < -0.39 is 56.9 Å². The van der Waals surface area contributed by atoms with Gasteiger partial charge in [0.05, 0.1) is 43.8 Å². The van der Waals surface area contributed by atoms with E-state index >= 15 is 0 Å². The average Bonchev–Trinajstić information content (AvgIpc) is 3.74. The van der Waals surface area contributed by atoms with E-state index in [2.05, 4.69) is 17.0 Å². The van der Waals surface area contributed by atoms with Gasteiger partial charge in [0.1, 0.15) is 47.7 Å². The summed E-state index contributed by atoms with van der Waals surface area (Å²) in [4.78, 5) is 14.6. The molecular formula is C42H65FN5O9P. The molecule has 1 aromatic carbocycles. The minimum atomic E-state index is -4.76. The maximum atomic E-state index is 14.1. The van der Waals surface area contributed by atoms with E-state index in [0.29, 0.717) is 23.4 Å². The van der Waals surface area contributed by atoms with Gasteiger partial charge < -0.3 is 35.1 Å². The second-order valence-electron chi connectivity index (χ2n) is 15.6. The lowest BCUT2D eigenvalue weighted by Gasteiger charge is -2.28. The zero-order chi connectivity index (χ0) is 41.8. The van der Waals surface area contributed by atoms with Gasteiger partial charge >= 0.3 is 7.82 Å². The van der Waals surface area contributed by atoms with Crippen LogP contribution in [0.25, 0.3) is 5.52 Å². The number of nitriles is 1. The topological polar surface area (TPSA) is 204 Å². The molecule has 1 unspecified atom stereocenters. The molecule has 14 nitrogen and oxygen atoms in total. The molecule has 0 amide bonds. The van der Waals surface area contributed by atoms with Crippen molar-refractivity contribution >= 4 is 19.2 Å². The van der Waals surface area contributed by atoms with E-state index in [4.69, 9.17) is 29.0 Å². The largest absolute Gasteiger partial charge is 0.472 e. The van der Waals surface area contributed by atoms with Crippen LogP contribution in [0.3, 0.4) is 0 Å². The summed E-state index contributed by atoms with van der Waals surface area (Å²) in [6.45, 7) is 3.03. The summed E-state index contributed by atoms with van der Waals surface area (Å²) in [5.41, 5.74) is 5.71. The Bertz CT molecular complexity index is 1740. The Balaban J connectivity index is 1.17. The SMILES string of the molecule is CCCCCCCCCCCCCCCCCCCOC[C@H](COP(=O)(O)OC[C@@]1(C)O[C@@H](c2ccc3c(N)ncnn23)[C@H](O)[C@@H]1O)OCc1cc(F)cc(C#N)c1. The van der Waals surface area contributed by atoms with Gasteiger partial charge in [0, 0.05) is 6.61 Å². The van der Waals surface area contributed by atoms with Gasteiger partial charge in [-0.3, -0.25) is 9.05 Å². The molecule has 1 aliphatic heterocycles. The summed E-state index contributed by atoms with van der Waals surface area (Å²) < 4.78 is 56.9. The number of aliphatic hydroxyl groups excluding tert-OH is 2. The molecule has 4 rings (SSSR count). The second kappa shape index (κ2) is 24.9. The first-order valence-electron chi connectivity index (χ1n) is 21.1. The fourth-order valence-electron chi connectivity index (χ4n) is 7.22. The first-order chi connectivity index (χ1) is 28.0. The summed E-state index contributed by atoms with van der Waals surface area (Å²) in [5, 5.41) is 35.2. The zero-order valence-electron chi connectivity index (χ0n) is 34.3. The summed E-state index contributed by atoms with van der Waals surface area (Å²) in [5.74, 6) is -0.377. The predicted octanol–water partition coefficient (Wildman–Crippen LogP) is 8.26. The molecule has 0 aliphatic carbocycles. The third-order valence-corrected chi connectivity index (χ3v) is 11.6. The molecule has 0 spiro atoms. The number of hydrogen-bond donors (Lipinski definition) is 4. The molecule has 0 bridgehead atoms. The quantitative estimate of drug-likeness (QED) is 0.0369. The summed E-state index contributed by atoms with van der Waals surface area (Å²) in [6, 6.07) is 9.03. The molecule has 0 saturated carbocycles. The lowest BCUT2D eigenvalue weighted by atomic mass is 9.97. The van der Waals surface area contributed by atoms with Crippen LogP contribution in [0.2, 0.25) is 0 Å². The highest BCUT2D eigenvalue weighted by molar-refractivity contribution is 7.47. The molecule has 1 saturated heterocycles. The van der Waals surface area contributed by atoms with Gasteiger partial charge in [-0.05, 0) is 49.2 Å². The number of nitrogen functional groups attached to an aromatic ring is 1. The fourth-order valence-corrected chi connectivity index (χ4v) is 8.07. The van der Waals surface area contributed by atoms with Gasteiger partial charge in [-0.25, -0.2) is 18.5 Å². The first-order valence-corrected chi connectivity index (χ1v) is 22.6. The maximum Gasteiger partial charge on any atom is 0.472 e. The number of benzene rings is 1. The van der Waals surface area contributed by atoms with Crippen LogP contribution in [0.5, 0.6) is 0 Å². The van der Waals surface area contributed by atoms with Crippen molar-refractivity contribution in [2.24, 2.45) is 0 Å². The summed E-state index contributed by atoms with van der Waals surface area (Å²) in [7, 11) is -4.76. The third kappa shape index (κ3) is 15.5. The number of unbranched alkanes of at least 4 members (excludes halogenated alkanes) is 16. The molecule has 6 atom stereocenters. The number of halogens is 1. The Morgan fingerprint density at radius 1 is 0.948 bits per heavy atom. The highest BCUT2D eigenvalue weighted by Crippen LogP contribution is 2.47. The third-order valence-electron chi connectivity index (χ3n) is 10.7. The number of anilines is 1. The maximum absolute atomic E-state index is 14.1. The Kier molecular flexibility index (Phi) is 20.5. The molecule has 2 aromatic heterocycles. The lowest BCUT2D eigenvalue weighted by Crippen LogP contribution is -2.44. The van der Waals surface area contributed by atoms with Crippen LogP contribution < -0.4 is 5.73 Å². The van der Waals surface area contributed by atoms with E-state index in [1.807, 2.05) is 6.07 Å². The van der Waals surface area contributed by atoms with E-state index in [9.17, 15) is 29.3 Å². The van der Waals surface area contributed by atoms with Crippen molar-refractivity contribution in [2.75, 3.05) is 32.2 Å². The Morgan fingerprint density at radius 3 is 2.19 bits per heavy atom. The molecule has 58 heavy (non-hydrogen) atoms. The van der Waals surface area contributed by atoms with Gasteiger partial charge in [0.2, 0.25) is 0 Å². The van der Waals surface area contributed by atoms with Crippen LogP contribution in [-0.4, -0.2) is 80.0 Å².